The molecule has 0 fully saturated rings. The van der Waals surface area contributed by atoms with Crippen molar-refractivity contribution >= 4 is 56.6 Å². The number of carbonyl (C=O) groups excluding carboxylic acids is 4. The van der Waals surface area contributed by atoms with E-state index in [4.69, 9.17) is 9.47 Å². The quantitative estimate of drug-likeness (QED) is 0.156. The number of ketones is 1. The number of hydrogen-bond donors (Lipinski definition) is 1. The van der Waals surface area contributed by atoms with Gasteiger partial charge in [-0.15, -0.1) is 0 Å². The van der Waals surface area contributed by atoms with E-state index in [1.165, 1.54) is 38.2 Å². The highest BCUT2D eigenvalue weighted by Crippen LogP contribution is 2.40. The molecule has 1 amide bonds. The summed E-state index contributed by atoms with van der Waals surface area (Å²) in [5.74, 6) is -2.51. The lowest BCUT2D eigenvalue weighted by Gasteiger charge is -2.08. The van der Waals surface area contributed by atoms with Gasteiger partial charge in [-0.2, -0.15) is 0 Å². The Morgan fingerprint density at radius 1 is 0.816 bits per heavy atom. The van der Waals surface area contributed by atoms with Gasteiger partial charge in [0.05, 0.1) is 22.9 Å². The second-order valence-corrected chi connectivity index (χ2v) is 9.46. The summed E-state index contributed by atoms with van der Waals surface area (Å²) in [6.45, 7) is 0.830. The highest BCUT2D eigenvalue weighted by Gasteiger charge is 2.24. The average Bonchev–Trinajstić information content (AvgIpc) is 2.86. The van der Waals surface area contributed by atoms with E-state index >= 15 is 0 Å². The van der Waals surface area contributed by atoms with Gasteiger partial charge in [0.2, 0.25) is 5.91 Å². The van der Waals surface area contributed by atoms with Crippen LogP contribution >= 0.6 is 21.6 Å². The van der Waals surface area contributed by atoms with Crippen LogP contribution in [0.15, 0.2) is 46.2 Å². The number of esters is 2. The largest absolute Gasteiger partial charge is 0.461 e. The lowest BCUT2D eigenvalue weighted by Crippen LogP contribution is -2.20. The maximum atomic E-state index is 12.4. The minimum Gasteiger partial charge on any atom is -0.461 e. The van der Waals surface area contributed by atoms with E-state index in [-0.39, 0.29) is 56.3 Å². The molecule has 0 aliphatic heterocycles. The number of ether oxygens (including phenoxy) is 2. The van der Waals surface area contributed by atoms with E-state index in [9.17, 15) is 39.4 Å². The Morgan fingerprint density at radius 3 is 1.61 bits per heavy atom. The summed E-state index contributed by atoms with van der Waals surface area (Å²) in [4.78, 5) is 69.1. The maximum Gasteiger partial charge on any atom is 0.345 e. The van der Waals surface area contributed by atoms with Gasteiger partial charge in [-0.05, 0) is 31.2 Å². The summed E-state index contributed by atoms with van der Waals surface area (Å²) in [7, 11) is 3.56. The number of amides is 1. The Kier molecular flexibility index (Phi) is 12.9. The van der Waals surface area contributed by atoms with E-state index in [0.717, 1.165) is 33.7 Å². The molecular weight excluding hydrogens is 542 g/mol. The van der Waals surface area contributed by atoms with Crippen molar-refractivity contribution in [2.45, 2.75) is 37.0 Å². The lowest BCUT2D eigenvalue weighted by atomic mass is 10.2. The van der Waals surface area contributed by atoms with Crippen LogP contribution in [0.2, 0.25) is 0 Å². The van der Waals surface area contributed by atoms with Crippen LogP contribution in [0.1, 0.15) is 47.9 Å². The highest BCUT2D eigenvalue weighted by atomic mass is 33.1. The molecule has 0 aliphatic rings. The molecule has 0 aliphatic carbocycles. The predicted molar refractivity (Wildman–Crippen MR) is 139 cm³/mol. The molecule has 0 saturated carbocycles. The molecule has 2 aromatic carbocycles. The monoisotopic (exact) mass is 567 g/mol. The number of Topliss-reactive ketones (excluding diaryl/α,β-unsaturated/α-hetero) is 1. The van der Waals surface area contributed by atoms with Gasteiger partial charge in [-0.3, -0.25) is 29.8 Å². The molecule has 0 spiro atoms. The normalized spacial score (nSPS) is 10.1. The van der Waals surface area contributed by atoms with Crippen LogP contribution in [0.25, 0.3) is 0 Å². The molecule has 13 nitrogen and oxygen atoms in total. The lowest BCUT2D eigenvalue weighted by molar-refractivity contribution is -0.385. The Balaban J connectivity index is 0.00000722. The van der Waals surface area contributed by atoms with Gasteiger partial charge in [0.15, 0.2) is 0 Å². The second kappa shape index (κ2) is 15.3. The molecule has 0 bridgehead atoms. The first-order chi connectivity index (χ1) is 17.5. The zero-order valence-electron chi connectivity index (χ0n) is 19.6. The highest BCUT2D eigenvalue weighted by molar-refractivity contribution is 8.76. The first kappa shape index (κ1) is 32.0. The number of carbonyl (C=O) groups is 4. The van der Waals surface area contributed by atoms with Crippen molar-refractivity contribution in [1.82, 2.24) is 5.32 Å². The van der Waals surface area contributed by atoms with Gasteiger partial charge in [-0.1, -0.05) is 29.0 Å². The summed E-state index contributed by atoms with van der Waals surface area (Å²) in [5.41, 5.74) is -1.57. The summed E-state index contributed by atoms with van der Waals surface area (Å²) >= 11 is 0. The number of nitrogens with zero attached hydrogens (tertiary/aromatic N) is 2. The molecule has 38 heavy (non-hydrogen) atoms. The Bertz CT molecular complexity index is 1240. The van der Waals surface area contributed by atoms with Crippen LogP contribution in [-0.2, 0) is 19.1 Å². The van der Waals surface area contributed by atoms with E-state index in [0.29, 0.717) is 9.79 Å². The molecule has 2 aromatic rings. The van der Waals surface area contributed by atoms with Gasteiger partial charge in [0.1, 0.15) is 23.5 Å². The third kappa shape index (κ3) is 9.48. The van der Waals surface area contributed by atoms with Crippen LogP contribution in [0.3, 0.4) is 0 Å². The number of rotatable bonds is 13. The number of benzene rings is 2. The van der Waals surface area contributed by atoms with Crippen molar-refractivity contribution in [3.05, 3.63) is 67.8 Å². The van der Waals surface area contributed by atoms with Gasteiger partial charge < -0.3 is 14.8 Å². The fourth-order valence-electron chi connectivity index (χ4n) is 2.68. The van der Waals surface area contributed by atoms with Crippen LogP contribution in [-0.4, -0.2) is 53.7 Å². The van der Waals surface area contributed by atoms with Gasteiger partial charge >= 0.3 is 11.9 Å². The number of nitrogens with one attached hydrogen (secondary N) is 1. The first-order valence-electron chi connectivity index (χ1n) is 10.5. The van der Waals surface area contributed by atoms with Crippen LogP contribution in [0.5, 0.6) is 0 Å². The third-order valence-corrected chi connectivity index (χ3v) is 6.91. The number of hydrogen-bond acceptors (Lipinski definition) is 12. The zero-order chi connectivity index (χ0) is 27.5. The number of nitro benzene ring substituents is 2. The Hall–Kier alpha value is -3.98. The third-order valence-electron chi connectivity index (χ3n) is 4.53. The molecule has 0 radical (unpaired) electrons. The molecule has 0 saturated heterocycles. The fraction of sp³-hybridized carbons (Fsp3) is 0.304. The standard InChI is InChI=1S/C22H21N3O10S2.CH4/c1-13(26)7-9-34-21(28)16-11-14(3-5-18(16)24(30)31)36-37-15-4-6-19(25(32)33)17(12-15)22(29)35-10-8-20(27)23-2;/h3-6,11-12H,7-10H2,1-2H3,(H,23,27);1H4. The average molecular weight is 568 g/mol. The minimum atomic E-state index is -0.978. The van der Waals surface area contributed by atoms with Crippen molar-refractivity contribution < 1.29 is 38.5 Å². The van der Waals surface area contributed by atoms with E-state index < -0.39 is 33.2 Å². The van der Waals surface area contributed by atoms with Crippen molar-refractivity contribution in [1.29, 1.82) is 0 Å². The van der Waals surface area contributed by atoms with Crippen molar-refractivity contribution in [3.63, 3.8) is 0 Å². The number of nitro groups is 2. The minimum absolute atomic E-state index is 0. The summed E-state index contributed by atoms with van der Waals surface area (Å²) < 4.78 is 9.94. The summed E-state index contributed by atoms with van der Waals surface area (Å²) in [5, 5.41) is 25.0. The molecule has 0 aromatic heterocycles. The predicted octanol–water partition coefficient (Wildman–Crippen LogP) is 4.37. The SMILES string of the molecule is C.CNC(=O)CCOC(=O)c1cc(SSc2ccc([N+](=O)[O-])c(C(=O)OCCC(C)=O)c2)ccc1[N+](=O)[O-]. The second-order valence-electron chi connectivity index (χ2n) is 7.19. The van der Waals surface area contributed by atoms with E-state index in [1.807, 2.05) is 0 Å². The van der Waals surface area contributed by atoms with Crippen molar-refractivity contribution in [2.24, 2.45) is 0 Å². The smallest absolute Gasteiger partial charge is 0.345 e. The molecular formula is C23H25N3O10S2. The van der Waals surface area contributed by atoms with E-state index in [2.05, 4.69) is 5.32 Å². The fourth-order valence-corrected chi connectivity index (χ4v) is 4.65. The van der Waals surface area contributed by atoms with Gasteiger partial charge in [-0.25, -0.2) is 9.59 Å². The molecule has 0 unspecified atom stereocenters. The Morgan fingerprint density at radius 2 is 1.24 bits per heavy atom. The summed E-state index contributed by atoms with van der Waals surface area (Å²) in [6.07, 6.45) is -0.138. The van der Waals surface area contributed by atoms with Crippen molar-refractivity contribution in [3.8, 4) is 0 Å². The van der Waals surface area contributed by atoms with Crippen LogP contribution < -0.4 is 5.32 Å². The first-order valence-corrected chi connectivity index (χ1v) is 12.6. The van der Waals surface area contributed by atoms with Crippen molar-refractivity contribution in [2.75, 3.05) is 20.3 Å². The van der Waals surface area contributed by atoms with Crippen LogP contribution in [0.4, 0.5) is 11.4 Å². The van der Waals surface area contributed by atoms with Gasteiger partial charge in [0.25, 0.3) is 11.4 Å². The molecule has 0 atom stereocenters. The molecule has 204 valence electrons. The molecule has 15 heteroatoms. The molecule has 1 N–H and O–H groups in total. The topological polar surface area (TPSA) is 185 Å². The maximum absolute atomic E-state index is 12.4. The zero-order valence-corrected chi connectivity index (χ0v) is 21.2. The Labute approximate surface area is 225 Å². The summed E-state index contributed by atoms with van der Waals surface area (Å²) in [6, 6.07) is 7.58. The van der Waals surface area contributed by atoms with Crippen LogP contribution in [0, 0.1) is 20.2 Å². The molecule has 2 rings (SSSR count). The van der Waals surface area contributed by atoms with E-state index in [1.54, 1.807) is 0 Å². The van der Waals surface area contributed by atoms with Gasteiger partial charge in [0, 0.05) is 35.4 Å². The molecule has 0 heterocycles.